The van der Waals surface area contributed by atoms with E-state index in [1.807, 2.05) is 0 Å². The van der Waals surface area contributed by atoms with E-state index in [1.54, 1.807) is 30.3 Å². The lowest BCUT2D eigenvalue weighted by Gasteiger charge is -2.30. The minimum absolute atomic E-state index is 0.199. The Labute approximate surface area is 175 Å². The third-order valence-electron chi connectivity index (χ3n) is 4.90. The van der Waals surface area contributed by atoms with E-state index in [0.717, 1.165) is 31.6 Å². The minimum atomic E-state index is -0.378. The summed E-state index contributed by atoms with van der Waals surface area (Å²) in [5.41, 5.74) is 1.88. The van der Waals surface area contributed by atoms with Gasteiger partial charge in [0.1, 0.15) is 5.82 Å². The number of carbonyl (C=O) groups excluding carboxylic acids is 2. The normalized spacial score (nSPS) is 13.8. The van der Waals surface area contributed by atoms with Crippen molar-refractivity contribution in [3.63, 3.8) is 0 Å². The lowest BCUT2D eigenvalue weighted by molar-refractivity contribution is -0.116. The highest BCUT2D eigenvalue weighted by Gasteiger charge is 2.16. The van der Waals surface area contributed by atoms with Crippen molar-refractivity contribution in [2.45, 2.75) is 32.1 Å². The number of amides is 2. The maximum atomic E-state index is 13.7. The molecule has 0 unspecified atom stereocenters. The van der Waals surface area contributed by atoms with E-state index in [1.165, 1.54) is 18.6 Å². The van der Waals surface area contributed by atoms with Crippen molar-refractivity contribution in [3.05, 3.63) is 58.9 Å². The van der Waals surface area contributed by atoms with Crippen LogP contribution in [0.1, 0.15) is 42.5 Å². The SMILES string of the molecule is O=C(CCCNC(=O)c1ccc(Cl)cc1)Nc1cc(F)ccc1N1CCCCC1. The van der Waals surface area contributed by atoms with Crippen LogP contribution in [0.4, 0.5) is 15.8 Å². The summed E-state index contributed by atoms with van der Waals surface area (Å²) in [4.78, 5) is 26.6. The van der Waals surface area contributed by atoms with Gasteiger partial charge in [-0.05, 0) is 68.1 Å². The Morgan fingerprint density at radius 3 is 2.48 bits per heavy atom. The van der Waals surface area contributed by atoms with E-state index in [0.29, 0.717) is 29.2 Å². The number of halogens is 2. The van der Waals surface area contributed by atoms with Gasteiger partial charge in [0.25, 0.3) is 5.91 Å². The molecule has 1 aliphatic rings. The molecule has 1 fully saturated rings. The maximum absolute atomic E-state index is 13.7. The molecule has 154 valence electrons. The molecule has 7 heteroatoms. The molecule has 1 aliphatic heterocycles. The zero-order chi connectivity index (χ0) is 20.6. The molecule has 0 radical (unpaired) electrons. The summed E-state index contributed by atoms with van der Waals surface area (Å²) in [6.45, 7) is 2.19. The van der Waals surface area contributed by atoms with Crippen molar-refractivity contribution in [2.75, 3.05) is 29.9 Å². The predicted molar refractivity (Wildman–Crippen MR) is 114 cm³/mol. The van der Waals surface area contributed by atoms with Gasteiger partial charge in [-0.25, -0.2) is 4.39 Å². The highest BCUT2D eigenvalue weighted by atomic mass is 35.5. The van der Waals surface area contributed by atoms with Crippen LogP contribution in [0.15, 0.2) is 42.5 Å². The van der Waals surface area contributed by atoms with E-state index in [9.17, 15) is 14.0 Å². The molecule has 0 spiro atoms. The molecule has 2 aromatic rings. The molecular weight excluding hydrogens is 393 g/mol. The van der Waals surface area contributed by atoms with Crippen LogP contribution in [0, 0.1) is 5.82 Å². The molecule has 3 rings (SSSR count). The van der Waals surface area contributed by atoms with Crippen LogP contribution in [0.3, 0.4) is 0 Å². The van der Waals surface area contributed by atoms with E-state index in [2.05, 4.69) is 15.5 Å². The second-order valence-corrected chi connectivity index (χ2v) is 7.56. The highest BCUT2D eigenvalue weighted by molar-refractivity contribution is 6.30. The van der Waals surface area contributed by atoms with Crippen LogP contribution in [0.5, 0.6) is 0 Å². The van der Waals surface area contributed by atoms with E-state index >= 15 is 0 Å². The number of carbonyl (C=O) groups is 2. The van der Waals surface area contributed by atoms with Gasteiger partial charge in [-0.2, -0.15) is 0 Å². The first-order valence-electron chi connectivity index (χ1n) is 9.91. The molecule has 2 aromatic carbocycles. The molecule has 2 amide bonds. The number of hydrogen-bond acceptors (Lipinski definition) is 3. The van der Waals surface area contributed by atoms with Gasteiger partial charge in [-0.15, -0.1) is 0 Å². The fourth-order valence-corrected chi connectivity index (χ4v) is 3.51. The van der Waals surface area contributed by atoms with Gasteiger partial charge in [0, 0.05) is 36.6 Å². The summed E-state index contributed by atoms with van der Waals surface area (Å²) in [6, 6.07) is 11.1. The Bertz CT molecular complexity index is 852. The molecular formula is C22H25ClFN3O2. The maximum Gasteiger partial charge on any atom is 0.251 e. The van der Waals surface area contributed by atoms with Gasteiger partial charge in [0.2, 0.25) is 5.91 Å². The molecule has 0 bridgehead atoms. The van der Waals surface area contributed by atoms with Crippen LogP contribution in [0.2, 0.25) is 5.02 Å². The smallest absolute Gasteiger partial charge is 0.251 e. The summed E-state index contributed by atoms with van der Waals surface area (Å²) in [5.74, 6) is -0.787. The molecule has 5 nitrogen and oxygen atoms in total. The van der Waals surface area contributed by atoms with Crippen molar-refractivity contribution >= 4 is 34.8 Å². The van der Waals surface area contributed by atoms with Gasteiger partial charge in [0.05, 0.1) is 11.4 Å². The number of rotatable bonds is 7. The van der Waals surface area contributed by atoms with E-state index < -0.39 is 0 Å². The monoisotopic (exact) mass is 417 g/mol. The zero-order valence-corrected chi connectivity index (χ0v) is 17.0. The fourth-order valence-electron chi connectivity index (χ4n) is 3.39. The number of nitrogens with one attached hydrogen (secondary N) is 2. The standard InChI is InChI=1S/C22H25ClFN3O2/c23-17-8-6-16(7-9-17)22(29)25-12-4-5-21(28)26-19-15-18(24)10-11-20(19)27-13-2-1-3-14-27/h6-11,15H,1-5,12-14H2,(H,25,29)(H,26,28). The van der Waals surface area contributed by atoms with Crippen molar-refractivity contribution in [3.8, 4) is 0 Å². The van der Waals surface area contributed by atoms with E-state index in [4.69, 9.17) is 11.6 Å². The zero-order valence-electron chi connectivity index (χ0n) is 16.2. The number of anilines is 2. The molecule has 1 heterocycles. The first-order valence-corrected chi connectivity index (χ1v) is 10.3. The molecule has 29 heavy (non-hydrogen) atoms. The van der Waals surface area contributed by atoms with Crippen molar-refractivity contribution in [2.24, 2.45) is 0 Å². The lowest BCUT2D eigenvalue weighted by Crippen LogP contribution is -2.30. The second kappa shape index (κ2) is 10.3. The Kier molecular flexibility index (Phi) is 7.47. The summed E-state index contributed by atoms with van der Waals surface area (Å²) >= 11 is 5.81. The molecule has 1 saturated heterocycles. The molecule has 0 aromatic heterocycles. The summed E-state index contributed by atoms with van der Waals surface area (Å²) in [5, 5.41) is 6.18. The summed E-state index contributed by atoms with van der Waals surface area (Å²) < 4.78 is 13.7. The van der Waals surface area contributed by atoms with Crippen LogP contribution in [0.25, 0.3) is 0 Å². The Morgan fingerprint density at radius 2 is 1.76 bits per heavy atom. The molecule has 0 atom stereocenters. The largest absolute Gasteiger partial charge is 0.370 e. The van der Waals surface area contributed by atoms with Crippen molar-refractivity contribution < 1.29 is 14.0 Å². The number of nitrogens with zero attached hydrogens (tertiary/aromatic N) is 1. The lowest BCUT2D eigenvalue weighted by atomic mass is 10.1. The average molecular weight is 418 g/mol. The summed E-state index contributed by atoms with van der Waals surface area (Å²) in [6.07, 6.45) is 4.10. The van der Waals surface area contributed by atoms with Gasteiger partial charge in [-0.1, -0.05) is 11.6 Å². The van der Waals surface area contributed by atoms with Crippen LogP contribution in [-0.4, -0.2) is 31.4 Å². The summed E-state index contributed by atoms with van der Waals surface area (Å²) in [7, 11) is 0. The van der Waals surface area contributed by atoms with Crippen LogP contribution < -0.4 is 15.5 Å². The Hall–Kier alpha value is -2.60. The van der Waals surface area contributed by atoms with Gasteiger partial charge in [-0.3, -0.25) is 9.59 Å². The van der Waals surface area contributed by atoms with Gasteiger partial charge < -0.3 is 15.5 Å². The predicted octanol–water partition coefficient (Wildman–Crippen LogP) is 4.62. The van der Waals surface area contributed by atoms with Gasteiger partial charge in [0.15, 0.2) is 0 Å². The third kappa shape index (κ3) is 6.19. The first-order chi connectivity index (χ1) is 14.0. The third-order valence-corrected chi connectivity index (χ3v) is 5.15. The second-order valence-electron chi connectivity index (χ2n) is 7.12. The first kappa shape index (κ1) is 21.1. The number of piperidine rings is 1. The van der Waals surface area contributed by atoms with E-state index in [-0.39, 0.29) is 24.1 Å². The topological polar surface area (TPSA) is 61.4 Å². The number of benzene rings is 2. The van der Waals surface area contributed by atoms with Crippen LogP contribution >= 0.6 is 11.6 Å². The van der Waals surface area contributed by atoms with Crippen LogP contribution in [-0.2, 0) is 4.79 Å². The molecule has 0 aliphatic carbocycles. The number of hydrogen-bond donors (Lipinski definition) is 2. The van der Waals surface area contributed by atoms with Gasteiger partial charge >= 0.3 is 0 Å². The fraction of sp³-hybridized carbons (Fsp3) is 0.364. The minimum Gasteiger partial charge on any atom is -0.370 e. The molecule has 0 saturated carbocycles. The molecule has 2 N–H and O–H groups in total. The van der Waals surface area contributed by atoms with Crippen molar-refractivity contribution in [1.82, 2.24) is 5.32 Å². The Balaban J connectivity index is 1.48. The average Bonchev–Trinajstić information content (AvgIpc) is 2.72. The highest BCUT2D eigenvalue weighted by Crippen LogP contribution is 2.29. The van der Waals surface area contributed by atoms with Crippen molar-refractivity contribution in [1.29, 1.82) is 0 Å². The Morgan fingerprint density at radius 1 is 1.03 bits per heavy atom. The quantitative estimate of drug-likeness (QED) is 0.646.